The van der Waals surface area contributed by atoms with Gasteiger partial charge in [-0.15, -0.1) is 10.2 Å². The van der Waals surface area contributed by atoms with Gasteiger partial charge in [-0.05, 0) is 50.7 Å². The van der Waals surface area contributed by atoms with Crippen LogP contribution >= 0.6 is 0 Å². The Hall–Kier alpha value is -1.88. The zero-order valence-corrected chi connectivity index (χ0v) is 14.7. The number of benzene rings is 1. The number of hydrogen-bond donors (Lipinski definition) is 0. The van der Waals surface area contributed by atoms with Crippen LogP contribution in [0.5, 0.6) is 5.75 Å². The average Bonchev–Trinajstić information content (AvgIpc) is 3.57. The maximum Gasteiger partial charge on any atom is 0.147 e. The summed E-state index contributed by atoms with van der Waals surface area (Å²) in [5, 5.41) is 9.10. The van der Waals surface area contributed by atoms with Gasteiger partial charge in [-0.1, -0.05) is 18.2 Å². The fourth-order valence-electron chi connectivity index (χ4n) is 3.87. The number of ether oxygens (including phenoxy) is 1. The van der Waals surface area contributed by atoms with Crippen LogP contribution in [0.15, 0.2) is 30.3 Å². The molecule has 0 unspecified atom stereocenters. The summed E-state index contributed by atoms with van der Waals surface area (Å²) < 4.78 is 8.59. The molecule has 1 aromatic heterocycles. The summed E-state index contributed by atoms with van der Waals surface area (Å²) in [6.45, 7) is 3.09. The van der Waals surface area contributed by atoms with Crippen LogP contribution in [-0.2, 0) is 6.54 Å². The quantitative estimate of drug-likeness (QED) is 0.808. The number of rotatable bonds is 6. The molecule has 0 bridgehead atoms. The summed E-state index contributed by atoms with van der Waals surface area (Å²) in [5.41, 5.74) is 0. The highest BCUT2D eigenvalue weighted by atomic mass is 16.5. The molecule has 1 aliphatic heterocycles. The lowest BCUT2D eigenvalue weighted by Gasteiger charge is -2.31. The molecule has 5 nitrogen and oxygen atoms in total. The molecule has 2 aliphatic carbocycles. The summed E-state index contributed by atoms with van der Waals surface area (Å²) in [6.07, 6.45) is 7.71. The molecule has 2 heterocycles. The first-order valence-corrected chi connectivity index (χ1v) is 9.74. The van der Waals surface area contributed by atoms with Crippen molar-refractivity contribution in [2.24, 2.45) is 0 Å². The van der Waals surface area contributed by atoms with Crippen LogP contribution in [0.4, 0.5) is 0 Å². The van der Waals surface area contributed by atoms with E-state index in [1.165, 1.54) is 37.3 Å². The second-order valence-electron chi connectivity index (χ2n) is 7.76. The number of hydrogen-bond acceptors (Lipinski definition) is 4. The predicted octanol–water partition coefficient (Wildman–Crippen LogP) is 3.53. The molecule has 1 saturated heterocycles. The third kappa shape index (κ3) is 3.43. The monoisotopic (exact) mass is 338 g/mol. The molecule has 0 spiro atoms. The van der Waals surface area contributed by atoms with Crippen molar-refractivity contribution in [1.29, 1.82) is 0 Å². The molecule has 3 aliphatic rings. The van der Waals surface area contributed by atoms with Gasteiger partial charge in [-0.3, -0.25) is 4.90 Å². The molecule has 5 rings (SSSR count). The van der Waals surface area contributed by atoms with E-state index in [4.69, 9.17) is 4.74 Å². The van der Waals surface area contributed by atoms with Gasteiger partial charge in [0.2, 0.25) is 0 Å². The molecule has 0 N–H and O–H groups in total. The smallest absolute Gasteiger partial charge is 0.147 e. The number of likely N-dealkylation sites (tertiary alicyclic amines) is 1. The standard InChI is InChI=1S/C20H26N4O/c1-2-4-17(5-3-1)25-18-10-12-23(13-11-18)14-19-21-22-20(15-6-7-15)24(19)16-8-9-16/h1-5,15-16,18H,6-14H2. The van der Waals surface area contributed by atoms with Crippen LogP contribution in [0.25, 0.3) is 0 Å². The van der Waals surface area contributed by atoms with E-state index >= 15 is 0 Å². The molecule has 132 valence electrons. The topological polar surface area (TPSA) is 43.2 Å². The molecular weight excluding hydrogens is 312 g/mol. The van der Waals surface area contributed by atoms with Crippen LogP contribution in [0, 0.1) is 0 Å². The van der Waals surface area contributed by atoms with E-state index in [0.29, 0.717) is 18.1 Å². The molecule has 25 heavy (non-hydrogen) atoms. The van der Waals surface area contributed by atoms with Gasteiger partial charge in [0.05, 0.1) is 6.54 Å². The van der Waals surface area contributed by atoms with Crippen molar-refractivity contribution >= 4 is 0 Å². The molecule has 0 radical (unpaired) electrons. The highest BCUT2D eigenvalue weighted by Gasteiger charge is 2.36. The third-order valence-electron chi connectivity index (χ3n) is 5.59. The number of para-hydroxylation sites is 1. The Labute approximate surface area is 149 Å². The van der Waals surface area contributed by atoms with Crippen LogP contribution in [0.1, 0.15) is 62.1 Å². The minimum Gasteiger partial charge on any atom is -0.490 e. The summed E-state index contributed by atoms with van der Waals surface area (Å²) in [5.74, 6) is 4.13. The maximum absolute atomic E-state index is 6.11. The van der Waals surface area contributed by atoms with Crippen molar-refractivity contribution < 1.29 is 4.74 Å². The normalized spacial score (nSPS) is 22.2. The molecule has 1 aromatic carbocycles. The van der Waals surface area contributed by atoms with Crippen LogP contribution < -0.4 is 4.74 Å². The van der Waals surface area contributed by atoms with Gasteiger partial charge in [-0.2, -0.15) is 0 Å². The van der Waals surface area contributed by atoms with E-state index < -0.39 is 0 Å². The first-order valence-electron chi connectivity index (χ1n) is 9.74. The van der Waals surface area contributed by atoms with Crippen molar-refractivity contribution in [2.45, 2.75) is 63.1 Å². The summed E-state index contributed by atoms with van der Waals surface area (Å²) in [4.78, 5) is 2.52. The van der Waals surface area contributed by atoms with E-state index in [2.05, 4.69) is 19.7 Å². The first kappa shape index (κ1) is 15.4. The van der Waals surface area contributed by atoms with E-state index in [-0.39, 0.29) is 0 Å². The van der Waals surface area contributed by atoms with Gasteiger partial charge in [0.1, 0.15) is 23.5 Å². The average molecular weight is 338 g/mol. The Morgan fingerprint density at radius 3 is 2.36 bits per heavy atom. The van der Waals surface area contributed by atoms with E-state index in [0.717, 1.165) is 38.2 Å². The molecule has 0 atom stereocenters. The largest absolute Gasteiger partial charge is 0.490 e. The van der Waals surface area contributed by atoms with Gasteiger partial charge >= 0.3 is 0 Å². The zero-order chi connectivity index (χ0) is 16.6. The Morgan fingerprint density at radius 2 is 1.68 bits per heavy atom. The summed E-state index contributed by atoms with van der Waals surface area (Å²) in [7, 11) is 0. The van der Waals surface area contributed by atoms with Gasteiger partial charge < -0.3 is 9.30 Å². The lowest BCUT2D eigenvalue weighted by atomic mass is 10.1. The lowest BCUT2D eigenvalue weighted by Crippen LogP contribution is -2.38. The van der Waals surface area contributed by atoms with Crippen molar-refractivity contribution in [2.75, 3.05) is 13.1 Å². The molecular formula is C20H26N4O. The second kappa shape index (κ2) is 6.45. The van der Waals surface area contributed by atoms with Crippen LogP contribution in [-0.4, -0.2) is 38.9 Å². The van der Waals surface area contributed by atoms with E-state index in [1.54, 1.807) is 0 Å². The van der Waals surface area contributed by atoms with Crippen LogP contribution in [0.3, 0.4) is 0 Å². The first-order chi connectivity index (χ1) is 12.4. The van der Waals surface area contributed by atoms with E-state index in [1.807, 2.05) is 30.3 Å². The lowest BCUT2D eigenvalue weighted by molar-refractivity contribution is 0.0946. The maximum atomic E-state index is 6.11. The Balaban J connectivity index is 1.19. The van der Waals surface area contributed by atoms with Gasteiger partial charge in [-0.25, -0.2) is 0 Å². The second-order valence-corrected chi connectivity index (χ2v) is 7.76. The fourth-order valence-corrected chi connectivity index (χ4v) is 3.87. The van der Waals surface area contributed by atoms with Gasteiger partial charge in [0, 0.05) is 25.0 Å². The highest BCUT2D eigenvalue weighted by Crippen LogP contribution is 2.44. The minimum absolute atomic E-state index is 0.335. The fraction of sp³-hybridized carbons (Fsp3) is 0.600. The zero-order valence-electron chi connectivity index (χ0n) is 14.7. The number of aromatic nitrogens is 3. The Bertz CT molecular complexity index is 713. The molecule has 2 aromatic rings. The van der Waals surface area contributed by atoms with Crippen molar-refractivity contribution in [3.63, 3.8) is 0 Å². The minimum atomic E-state index is 0.335. The SMILES string of the molecule is c1ccc(OC2CCN(Cc3nnc(C4CC4)n3C3CC3)CC2)cc1. The molecule has 2 saturated carbocycles. The van der Waals surface area contributed by atoms with Crippen molar-refractivity contribution in [3.05, 3.63) is 42.0 Å². The van der Waals surface area contributed by atoms with Gasteiger partial charge in [0.25, 0.3) is 0 Å². The number of nitrogens with zero attached hydrogens (tertiary/aromatic N) is 4. The van der Waals surface area contributed by atoms with E-state index in [9.17, 15) is 0 Å². The summed E-state index contributed by atoms with van der Waals surface area (Å²) in [6, 6.07) is 10.9. The summed E-state index contributed by atoms with van der Waals surface area (Å²) >= 11 is 0. The van der Waals surface area contributed by atoms with Crippen LogP contribution in [0.2, 0.25) is 0 Å². The number of piperidine rings is 1. The van der Waals surface area contributed by atoms with Crippen molar-refractivity contribution in [1.82, 2.24) is 19.7 Å². The van der Waals surface area contributed by atoms with Crippen molar-refractivity contribution in [3.8, 4) is 5.75 Å². The molecule has 3 fully saturated rings. The highest BCUT2D eigenvalue weighted by molar-refractivity contribution is 5.21. The van der Waals surface area contributed by atoms with Gasteiger partial charge in [0.15, 0.2) is 0 Å². The molecule has 0 amide bonds. The third-order valence-corrected chi connectivity index (χ3v) is 5.59. The molecule has 5 heteroatoms. The predicted molar refractivity (Wildman–Crippen MR) is 95.6 cm³/mol. The Kier molecular flexibility index (Phi) is 3.97. The Morgan fingerprint density at radius 1 is 0.920 bits per heavy atom.